The summed E-state index contributed by atoms with van der Waals surface area (Å²) in [6, 6.07) is 6.85. The molecule has 1 aromatic rings. The number of likely N-dealkylation sites (tertiary alicyclic amines) is 1. The molecule has 22 heavy (non-hydrogen) atoms. The van der Waals surface area contributed by atoms with E-state index in [0.717, 1.165) is 44.3 Å². The van der Waals surface area contributed by atoms with E-state index in [1.54, 1.807) is 0 Å². The van der Waals surface area contributed by atoms with Crippen LogP contribution >= 0.6 is 0 Å². The van der Waals surface area contributed by atoms with Gasteiger partial charge in [0.1, 0.15) is 5.82 Å². The minimum absolute atomic E-state index is 0.0117. The average molecular weight is 305 g/mol. The van der Waals surface area contributed by atoms with Crippen LogP contribution in [0, 0.1) is 5.82 Å². The third-order valence-electron chi connectivity index (χ3n) is 4.95. The van der Waals surface area contributed by atoms with Gasteiger partial charge >= 0.3 is 6.03 Å². The van der Waals surface area contributed by atoms with E-state index in [9.17, 15) is 9.18 Å². The lowest BCUT2D eigenvalue weighted by Gasteiger charge is -2.29. The van der Waals surface area contributed by atoms with Crippen molar-refractivity contribution in [3.05, 3.63) is 35.6 Å². The molecule has 2 aliphatic rings. The van der Waals surface area contributed by atoms with Gasteiger partial charge in [-0.1, -0.05) is 12.1 Å². The number of rotatable bonds is 4. The quantitative estimate of drug-likeness (QED) is 0.896. The van der Waals surface area contributed by atoms with Crippen molar-refractivity contribution in [2.45, 2.75) is 37.1 Å². The number of hydrogen-bond acceptors (Lipinski definition) is 2. The lowest BCUT2D eigenvalue weighted by Crippen LogP contribution is -2.48. The summed E-state index contributed by atoms with van der Waals surface area (Å²) in [6.45, 7) is 2.69. The molecule has 2 N–H and O–H groups in total. The molecule has 4 nitrogen and oxygen atoms in total. The fraction of sp³-hybridized carbons (Fsp3) is 0.588. The van der Waals surface area contributed by atoms with Crippen molar-refractivity contribution in [1.29, 1.82) is 0 Å². The number of nitrogens with zero attached hydrogens (tertiary/aromatic N) is 1. The van der Waals surface area contributed by atoms with Gasteiger partial charge in [-0.15, -0.1) is 0 Å². The second-order valence-corrected chi connectivity index (χ2v) is 6.69. The van der Waals surface area contributed by atoms with E-state index >= 15 is 0 Å². The third kappa shape index (κ3) is 3.58. The first-order valence-electron chi connectivity index (χ1n) is 8.06. The minimum atomic E-state index is -0.215. The van der Waals surface area contributed by atoms with Crippen molar-refractivity contribution in [3.63, 3.8) is 0 Å². The Labute approximate surface area is 131 Å². The molecule has 5 heteroatoms. The molecule has 2 amide bonds. The van der Waals surface area contributed by atoms with Gasteiger partial charge in [0, 0.05) is 18.0 Å². The zero-order valence-corrected chi connectivity index (χ0v) is 13.1. The van der Waals surface area contributed by atoms with Crippen molar-refractivity contribution >= 4 is 6.03 Å². The maximum Gasteiger partial charge on any atom is 0.315 e. The fourth-order valence-corrected chi connectivity index (χ4v) is 3.16. The SMILES string of the molecule is CN1CCC(NC(=O)NCC2(c3ccc(F)cc3)CC2)CC1. The summed E-state index contributed by atoms with van der Waals surface area (Å²) in [5, 5.41) is 6.06. The average Bonchev–Trinajstić information content (AvgIpc) is 3.30. The standard InChI is InChI=1S/C17H24FN3O/c1-21-10-6-15(7-11-21)20-16(22)19-12-17(8-9-17)13-2-4-14(18)5-3-13/h2-5,15H,6-12H2,1H3,(H2,19,20,22). The maximum absolute atomic E-state index is 13.0. The lowest BCUT2D eigenvalue weighted by atomic mass is 9.96. The van der Waals surface area contributed by atoms with Crippen LogP contribution in [0.4, 0.5) is 9.18 Å². The van der Waals surface area contributed by atoms with E-state index < -0.39 is 0 Å². The molecule has 1 saturated heterocycles. The van der Waals surface area contributed by atoms with Crippen LogP contribution in [0.5, 0.6) is 0 Å². The van der Waals surface area contributed by atoms with Crippen LogP contribution in [-0.2, 0) is 5.41 Å². The Bertz CT molecular complexity index is 519. The van der Waals surface area contributed by atoms with Crippen molar-refractivity contribution in [2.24, 2.45) is 0 Å². The summed E-state index contributed by atoms with van der Waals surface area (Å²) in [5.41, 5.74) is 1.13. The van der Waals surface area contributed by atoms with E-state index in [1.807, 2.05) is 12.1 Å². The number of urea groups is 1. The number of amides is 2. The van der Waals surface area contributed by atoms with Gasteiger partial charge in [0.2, 0.25) is 0 Å². The molecule has 0 unspecified atom stereocenters. The molecule has 0 bridgehead atoms. The Hall–Kier alpha value is -1.62. The Morgan fingerprint density at radius 2 is 1.91 bits per heavy atom. The summed E-state index contributed by atoms with van der Waals surface area (Å²) in [5.74, 6) is -0.215. The number of hydrogen-bond donors (Lipinski definition) is 2. The van der Waals surface area contributed by atoms with Crippen LogP contribution in [0.3, 0.4) is 0 Å². The second-order valence-electron chi connectivity index (χ2n) is 6.69. The van der Waals surface area contributed by atoms with E-state index in [0.29, 0.717) is 6.54 Å². The highest BCUT2D eigenvalue weighted by Crippen LogP contribution is 2.47. The van der Waals surface area contributed by atoms with Crippen molar-refractivity contribution in [1.82, 2.24) is 15.5 Å². The second kappa shape index (κ2) is 6.24. The van der Waals surface area contributed by atoms with Crippen molar-refractivity contribution < 1.29 is 9.18 Å². The van der Waals surface area contributed by atoms with Crippen LogP contribution in [0.2, 0.25) is 0 Å². The van der Waals surface area contributed by atoms with Crippen LogP contribution in [0.15, 0.2) is 24.3 Å². The summed E-state index contributed by atoms with van der Waals surface area (Å²) in [6.07, 6.45) is 4.11. The Kier molecular flexibility index (Phi) is 4.34. The predicted octanol–water partition coefficient (Wildman–Crippen LogP) is 2.25. The van der Waals surface area contributed by atoms with E-state index in [2.05, 4.69) is 22.6 Å². The third-order valence-corrected chi connectivity index (χ3v) is 4.95. The Morgan fingerprint density at radius 3 is 2.50 bits per heavy atom. The number of halogens is 1. The Morgan fingerprint density at radius 1 is 1.27 bits per heavy atom. The van der Waals surface area contributed by atoms with Crippen LogP contribution < -0.4 is 10.6 Å². The molecule has 0 atom stereocenters. The molecule has 1 heterocycles. The lowest BCUT2D eigenvalue weighted by molar-refractivity contribution is 0.213. The van der Waals surface area contributed by atoms with Gasteiger partial charge in [0.15, 0.2) is 0 Å². The highest BCUT2D eigenvalue weighted by molar-refractivity contribution is 5.74. The Balaban J connectivity index is 1.47. The monoisotopic (exact) mass is 305 g/mol. The van der Waals surface area contributed by atoms with Crippen molar-refractivity contribution in [3.8, 4) is 0 Å². The smallest absolute Gasteiger partial charge is 0.315 e. The highest BCUT2D eigenvalue weighted by atomic mass is 19.1. The number of nitrogens with one attached hydrogen (secondary N) is 2. The first kappa shape index (κ1) is 15.3. The highest BCUT2D eigenvalue weighted by Gasteiger charge is 2.44. The first-order chi connectivity index (χ1) is 10.6. The first-order valence-corrected chi connectivity index (χ1v) is 8.06. The van der Waals surface area contributed by atoms with E-state index in [1.165, 1.54) is 12.1 Å². The number of carbonyl (C=O) groups is 1. The van der Waals surface area contributed by atoms with Gasteiger partial charge in [-0.05, 0) is 63.5 Å². The van der Waals surface area contributed by atoms with Crippen LogP contribution in [-0.4, -0.2) is 43.7 Å². The van der Waals surface area contributed by atoms with Gasteiger partial charge in [-0.25, -0.2) is 9.18 Å². The molecular formula is C17H24FN3O. The summed E-state index contributed by atoms with van der Waals surface area (Å²) in [7, 11) is 2.11. The zero-order valence-electron chi connectivity index (χ0n) is 13.1. The van der Waals surface area contributed by atoms with Gasteiger partial charge in [0.05, 0.1) is 0 Å². The zero-order chi connectivity index (χ0) is 15.6. The van der Waals surface area contributed by atoms with Crippen LogP contribution in [0.1, 0.15) is 31.2 Å². The molecule has 2 fully saturated rings. The molecule has 3 rings (SSSR count). The minimum Gasteiger partial charge on any atom is -0.337 e. The summed E-state index contributed by atoms with van der Waals surface area (Å²) in [4.78, 5) is 14.3. The fourth-order valence-electron chi connectivity index (χ4n) is 3.16. The molecule has 1 aliphatic carbocycles. The molecule has 1 saturated carbocycles. The number of piperidine rings is 1. The number of carbonyl (C=O) groups excluding carboxylic acids is 1. The molecule has 0 aromatic heterocycles. The molecule has 0 spiro atoms. The van der Waals surface area contributed by atoms with Gasteiger partial charge < -0.3 is 15.5 Å². The summed E-state index contributed by atoms with van der Waals surface area (Å²) >= 11 is 0. The van der Waals surface area contributed by atoms with Crippen LogP contribution in [0.25, 0.3) is 0 Å². The van der Waals surface area contributed by atoms with E-state index in [4.69, 9.17) is 0 Å². The van der Waals surface area contributed by atoms with Crippen molar-refractivity contribution in [2.75, 3.05) is 26.7 Å². The van der Waals surface area contributed by atoms with Gasteiger partial charge in [0.25, 0.3) is 0 Å². The normalized spacial score (nSPS) is 21.4. The predicted molar refractivity (Wildman–Crippen MR) is 84.4 cm³/mol. The topological polar surface area (TPSA) is 44.4 Å². The summed E-state index contributed by atoms with van der Waals surface area (Å²) < 4.78 is 13.0. The van der Waals surface area contributed by atoms with Gasteiger partial charge in [-0.2, -0.15) is 0 Å². The number of benzene rings is 1. The molecule has 0 radical (unpaired) electrons. The molecule has 1 aromatic carbocycles. The largest absolute Gasteiger partial charge is 0.337 e. The van der Waals surface area contributed by atoms with E-state index in [-0.39, 0.29) is 23.3 Å². The molecular weight excluding hydrogens is 281 g/mol. The maximum atomic E-state index is 13.0. The molecule has 120 valence electrons. The molecule has 1 aliphatic heterocycles. The van der Waals surface area contributed by atoms with Gasteiger partial charge in [-0.3, -0.25) is 0 Å².